The largest absolute Gasteiger partial charge is 0.347 e. The Hall–Kier alpha value is -1.28. The monoisotopic (exact) mass is 323 g/mol. The highest BCUT2D eigenvalue weighted by atomic mass is 32.1. The van der Waals surface area contributed by atoms with Crippen LogP contribution in [0.4, 0.5) is 0 Å². The molecule has 1 aromatic rings. The van der Waals surface area contributed by atoms with Crippen LogP contribution in [0.2, 0.25) is 0 Å². The minimum Gasteiger partial charge on any atom is -0.347 e. The highest BCUT2D eigenvalue weighted by Gasteiger charge is 2.49. The Morgan fingerprint density at radius 1 is 1.59 bits per heavy atom. The van der Waals surface area contributed by atoms with Gasteiger partial charge in [0.25, 0.3) is 0 Å². The molecule has 0 radical (unpaired) electrons. The zero-order chi connectivity index (χ0) is 15.7. The van der Waals surface area contributed by atoms with E-state index in [1.807, 2.05) is 30.3 Å². The molecule has 3 heterocycles. The van der Waals surface area contributed by atoms with E-state index in [0.29, 0.717) is 26.2 Å². The van der Waals surface area contributed by atoms with Gasteiger partial charge in [-0.2, -0.15) is 0 Å². The van der Waals surface area contributed by atoms with Crippen LogP contribution < -0.4 is 5.32 Å². The van der Waals surface area contributed by atoms with Crippen LogP contribution in [0.25, 0.3) is 0 Å². The van der Waals surface area contributed by atoms with E-state index in [2.05, 4.69) is 5.32 Å². The standard InChI is InChI=1S/C15H21N3O3S/c1-10(13-5-11(7-16)8-22-13)17-14(19)12-6-15(9-18(12)2)20-3-4-21-15/h5,7-8,10,12,16H,3-4,6,9H2,1-2H3,(H,17,19)/t10-,12?/m1/s1. The van der Waals surface area contributed by atoms with Crippen LogP contribution >= 0.6 is 11.3 Å². The number of rotatable bonds is 4. The first-order valence-electron chi connectivity index (χ1n) is 7.40. The van der Waals surface area contributed by atoms with E-state index in [9.17, 15) is 4.79 Å². The quantitative estimate of drug-likeness (QED) is 0.821. The van der Waals surface area contributed by atoms with Gasteiger partial charge in [-0.05, 0) is 25.4 Å². The van der Waals surface area contributed by atoms with Gasteiger partial charge in [0, 0.05) is 23.1 Å². The zero-order valence-corrected chi connectivity index (χ0v) is 13.6. The second-order valence-corrected chi connectivity index (χ2v) is 6.84. The Kier molecular flexibility index (Phi) is 4.31. The maximum absolute atomic E-state index is 12.6. The van der Waals surface area contributed by atoms with Gasteiger partial charge in [-0.3, -0.25) is 9.69 Å². The van der Waals surface area contributed by atoms with Crippen molar-refractivity contribution < 1.29 is 14.3 Å². The number of thiophene rings is 1. The molecular formula is C15H21N3O3S. The molecule has 2 N–H and O–H groups in total. The number of nitrogens with zero attached hydrogens (tertiary/aromatic N) is 1. The molecule has 1 amide bonds. The van der Waals surface area contributed by atoms with Gasteiger partial charge in [0.2, 0.25) is 5.91 Å². The van der Waals surface area contributed by atoms with Gasteiger partial charge in [0.05, 0.1) is 31.8 Å². The maximum atomic E-state index is 12.6. The van der Waals surface area contributed by atoms with Crippen LogP contribution in [0.15, 0.2) is 11.4 Å². The van der Waals surface area contributed by atoms with Crippen LogP contribution in [0.5, 0.6) is 0 Å². The second kappa shape index (κ2) is 6.08. The Labute approximate surface area is 133 Å². The van der Waals surface area contributed by atoms with Gasteiger partial charge in [-0.1, -0.05) is 0 Å². The van der Waals surface area contributed by atoms with Crippen LogP contribution in [-0.2, 0) is 14.3 Å². The molecule has 2 atom stereocenters. The number of hydrogen-bond acceptors (Lipinski definition) is 6. The summed E-state index contributed by atoms with van der Waals surface area (Å²) in [6.45, 7) is 3.78. The fourth-order valence-corrected chi connectivity index (χ4v) is 3.93. The van der Waals surface area contributed by atoms with Crippen molar-refractivity contribution in [2.45, 2.75) is 31.2 Å². The van der Waals surface area contributed by atoms with E-state index < -0.39 is 5.79 Å². The highest BCUT2D eigenvalue weighted by Crippen LogP contribution is 2.34. The molecule has 2 aliphatic heterocycles. The van der Waals surface area contributed by atoms with E-state index >= 15 is 0 Å². The molecule has 2 fully saturated rings. The lowest BCUT2D eigenvalue weighted by Crippen LogP contribution is -2.42. The molecule has 1 spiro atoms. The third-order valence-corrected chi connectivity index (χ3v) is 5.37. The lowest BCUT2D eigenvalue weighted by molar-refractivity contribution is -0.146. The van der Waals surface area contributed by atoms with Crippen molar-refractivity contribution in [1.82, 2.24) is 10.2 Å². The second-order valence-electron chi connectivity index (χ2n) is 5.90. The summed E-state index contributed by atoms with van der Waals surface area (Å²) in [5, 5.41) is 12.2. The third-order valence-electron chi connectivity index (χ3n) is 4.24. The zero-order valence-electron chi connectivity index (χ0n) is 12.8. The summed E-state index contributed by atoms with van der Waals surface area (Å²) in [4.78, 5) is 15.6. The van der Waals surface area contributed by atoms with Crippen molar-refractivity contribution in [1.29, 1.82) is 5.41 Å². The first kappa shape index (κ1) is 15.6. The van der Waals surface area contributed by atoms with Crippen molar-refractivity contribution >= 4 is 23.5 Å². The minimum atomic E-state index is -0.601. The Morgan fingerprint density at radius 3 is 2.95 bits per heavy atom. The third kappa shape index (κ3) is 2.94. The summed E-state index contributed by atoms with van der Waals surface area (Å²) < 4.78 is 11.4. The molecule has 0 saturated carbocycles. The van der Waals surface area contributed by atoms with Crippen molar-refractivity contribution in [3.05, 3.63) is 21.9 Å². The van der Waals surface area contributed by atoms with E-state index in [1.165, 1.54) is 6.21 Å². The number of amides is 1. The normalized spacial score (nSPS) is 25.5. The number of carbonyl (C=O) groups excluding carboxylic acids is 1. The summed E-state index contributed by atoms with van der Waals surface area (Å²) in [6, 6.07) is 1.63. The summed E-state index contributed by atoms with van der Waals surface area (Å²) in [5.41, 5.74) is 0.866. The summed E-state index contributed by atoms with van der Waals surface area (Å²) >= 11 is 1.56. The first-order valence-corrected chi connectivity index (χ1v) is 8.28. The predicted octanol–water partition coefficient (Wildman–Crippen LogP) is 1.37. The molecule has 0 bridgehead atoms. The van der Waals surface area contributed by atoms with E-state index in [4.69, 9.17) is 14.9 Å². The molecule has 22 heavy (non-hydrogen) atoms. The lowest BCUT2D eigenvalue weighted by atomic mass is 10.1. The fourth-order valence-electron chi connectivity index (χ4n) is 3.06. The maximum Gasteiger partial charge on any atom is 0.238 e. The molecule has 0 aliphatic carbocycles. The van der Waals surface area contributed by atoms with Crippen LogP contribution in [0, 0.1) is 5.41 Å². The van der Waals surface area contributed by atoms with Gasteiger partial charge < -0.3 is 20.2 Å². The van der Waals surface area contributed by atoms with Crippen molar-refractivity contribution in [3.8, 4) is 0 Å². The lowest BCUT2D eigenvalue weighted by Gasteiger charge is -2.20. The van der Waals surface area contributed by atoms with Gasteiger partial charge in [-0.25, -0.2) is 0 Å². The van der Waals surface area contributed by atoms with Crippen molar-refractivity contribution in [3.63, 3.8) is 0 Å². The van der Waals surface area contributed by atoms with Gasteiger partial charge in [-0.15, -0.1) is 11.3 Å². The van der Waals surface area contributed by atoms with Crippen LogP contribution in [0.3, 0.4) is 0 Å². The number of ether oxygens (including phenoxy) is 2. The molecule has 0 aromatic carbocycles. The summed E-state index contributed by atoms with van der Waals surface area (Å²) in [6.07, 6.45) is 1.88. The van der Waals surface area contributed by atoms with Crippen molar-refractivity contribution in [2.75, 3.05) is 26.8 Å². The average Bonchev–Trinajstić information content (AvgIpc) is 3.20. The molecule has 7 heteroatoms. The number of hydrogen-bond donors (Lipinski definition) is 2. The van der Waals surface area contributed by atoms with Gasteiger partial charge in [0.1, 0.15) is 0 Å². The first-order chi connectivity index (χ1) is 10.5. The molecule has 2 aliphatic rings. The van der Waals surface area contributed by atoms with Crippen molar-refractivity contribution in [2.24, 2.45) is 0 Å². The molecular weight excluding hydrogens is 302 g/mol. The molecule has 2 saturated heterocycles. The molecule has 120 valence electrons. The number of likely N-dealkylation sites (tertiary alicyclic amines) is 1. The Balaban J connectivity index is 1.62. The summed E-state index contributed by atoms with van der Waals surface area (Å²) in [5.74, 6) is -0.605. The van der Waals surface area contributed by atoms with Gasteiger partial charge in [0.15, 0.2) is 5.79 Å². The van der Waals surface area contributed by atoms with Gasteiger partial charge >= 0.3 is 0 Å². The molecule has 3 rings (SSSR count). The highest BCUT2D eigenvalue weighted by molar-refractivity contribution is 7.10. The van der Waals surface area contributed by atoms with E-state index in [1.54, 1.807) is 11.3 Å². The number of carbonyl (C=O) groups is 1. The molecule has 6 nitrogen and oxygen atoms in total. The summed E-state index contributed by atoms with van der Waals surface area (Å²) in [7, 11) is 1.92. The van der Waals surface area contributed by atoms with E-state index in [0.717, 1.165) is 10.4 Å². The topological polar surface area (TPSA) is 74.7 Å². The number of nitrogens with one attached hydrogen (secondary N) is 2. The Bertz CT molecular complexity index is 568. The van der Waals surface area contributed by atoms with Crippen LogP contribution in [0.1, 0.15) is 29.8 Å². The van der Waals surface area contributed by atoms with E-state index in [-0.39, 0.29) is 18.0 Å². The Morgan fingerprint density at radius 2 is 2.32 bits per heavy atom. The average molecular weight is 323 g/mol. The smallest absolute Gasteiger partial charge is 0.238 e. The molecule has 1 unspecified atom stereocenters. The molecule has 1 aromatic heterocycles. The predicted molar refractivity (Wildman–Crippen MR) is 84.4 cm³/mol. The number of likely N-dealkylation sites (N-methyl/N-ethyl adjacent to an activating group) is 1. The SMILES string of the molecule is C[C@@H](NC(=O)C1CC2(CN1C)OCCO2)c1cc(C=N)cs1. The minimum absolute atomic E-state index is 0.00391. The van der Waals surface area contributed by atoms with Crippen LogP contribution in [-0.4, -0.2) is 55.7 Å². The fraction of sp³-hybridized carbons (Fsp3) is 0.600.